The van der Waals surface area contributed by atoms with E-state index in [1.54, 1.807) is 6.07 Å². The van der Waals surface area contributed by atoms with Crippen LogP contribution < -0.4 is 10.6 Å². The molecule has 0 bridgehead atoms. The lowest BCUT2D eigenvalue weighted by Crippen LogP contribution is -2.26. The summed E-state index contributed by atoms with van der Waals surface area (Å²) in [6.45, 7) is 1.87. The molecule has 1 unspecified atom stereocenters. The number of carbonyl (C=O) groups excluding carboxylic acids is 2. The van der Waals surface area contributed by atoms with Crippen molar-refractivity contribution < 1.29 is 9.59 Å². The molecule has 22 heavy (non-hydrogen) atoms. The lowest BCUT2D eigenvalue weighted by atomic mass is 10.1. The molecule has 0 aromatic heterocycles. The zero-order valence-electron chi connectivity index (χ0n) is 12.1. The number of nitrogens with one attached hydrogen (secondary N) is 2. The van der Waals surface area contributed by atoms with E-state index in [9.17, 15) is 9.59 Å². The first-order valence-corrected chi connectivity index (χ1v) is 7.95. The van der Waals surface area contributed by atoms with Gasteiger partial charge in [-0.2, -0.15) is 0 Å². The Balaban J connectivity index is 1.70. The molecule has 1 aliphatic rings. The van der Waals surface area contributed by atoms with Crippen LogP contribution in [0.25, 0.3) is 0 Å². The molecule has 112 valence electrons. The zero-order chi connectivity index (χ0) is 15.5. The predicted molar refractivity (Wildman–Crippen MR) is 89.2 cm³/mol. The first-order chi connectivity index (χ1) is 10.6. The Morgan fingerprint density at radius 1 is 1.23 bits per heavy atom. The molecule has 2 amide bonds. The second-order valence-electron chi connectivity index (χ2n) is 5.17. The van der Waals surface area contributed by atoms with Crippen LogP contribution >= 0.6 is 11.8 Å². The maximum absolute atomic E-state index is 12.1. The predicted octanol–water partition coefficient (Wildman–Crippen LogP) is 3.30. The number of hydrogen-bond donors (Lipinski definition) is 2. The molecule has 0 saturated carbocycles. The Bertz CT molecular complexity index is 716. The number of thioether (sulfide) groups is 1. The highest BCUT2D eigenvalue weighted by molar-refractivity contribution is 8.00. The summed E-state index contributed by atoms with van der Waals surface area (Å²) in [5, 5.41) is 5.64. The van der Waals surface area contributed by atoms with Gasteiger partial charge in [0.15, 0.2) is 0 Å². The minimum absolute atomic E-state index is 0.00902. The maximum Gasteiger partial charge on any atom is 0.237 e. The number of hydrogen-bond acceptors (Lipinski definition) is 3. The van der Waals surface area contributed by atoms with Crippen molar-refractivity contribution in [2.75, 3.05) is 10.6 Å². The fourth-order valence-corrected chi connectivity index (χ4v) is 3.20. The number of benzene rings is 2. The van der Waals surface area contributed by atoms with Crippen molar-refractivity contribution in [3.63, 3.8) is 0 Å². The minimum Gasteiger partial charge on any atom is -0.326 e. The standard InChI is InChI=1S/C17H16N2O2S/c1-11-17(21)19-14-10-13(7-8-15(14)22-11)18-16(20)9-12-5-3-2-4-6-12/h2-8,10-11H,9H2,1H3,(H,18,20)(H,19,21). The van der Waals surface area contributed by atoms with Crippen LogP contribution in [0.3, 0.4) is 0 Å². The van der Waals surface area contributed by atoms with Gasteiger partial charge < -0.3 is 10.6 Å². The van der Waals surface area contributed by atoms with E-state index in [1.807, 2.05) is 49.4 Å². The average molecular weight is 312 g/mol. The maximum atomic E-state index is 12.1. The van der Waals surface area contributed by atoms with Gasteiger partial charge in [0.1, 0.15) is 0 Å². The molecule has 5 heteroatoms. The van der Waals surface area contributed by atoms with Crippen LogP contribution in [-0.4, -0.2) is 17.1 Å². The van der Waals surface area contributed by atoms with Crippen LogP contribution in [0.2, 0.25) is 0 Å². The molecule has 4 nitrogen and oxygen atoms in total. The van der Waals surface area contributed by atoms with Gasteiger partial charge in [-0.25, -0.2) is 0 Å². The lowest BCUT2D eigenvalue weighted by Gasteiger charge is -2.22. The van der Waals surface area contributed by atoms with Crippen molar-refractivity contribution in [2.24, 2.45) is 0 Å². The third-order valence-electron chi connectivity index (χ3n) is 3.40. The quantitative estimate of drug-likeness (QED) is 0.914. The van der Waals surface area contributed by atoms with Crippen molar-refractivity contribution in [1.82, 2.24) is 0 Å². The zero-order valence-corrected chi connectivity index (χ0v) is 12.9. The fraction of sp³-hybridized carbons (Fsp3) is 0.176. The van der Waals surface area contributed by atoms with E-state index in [0.717, 1.165) is 16.1 Å². The molecular formula is C17H16N2O2S. The third-order valence-corrected chi connectivity index (χ3v) is 4.58. The Morgan fingerprint density at radius 3 is 2.77 bits per heavy atom. The topological polar surface area (TPSA) is 58.2 Å². The molecule has 0 saturated heterocycles. The average Bonchev–Trinajstić information content (AvgIpc) is 2.49. The van der Waals surface area contributed by atoms with Gasteiger partial charge in [-0.15, -0.1) is 11.8 Å². The number of rotatable bonds is 3. The van der Waals surface area contributed by atoms with Gasteiger partial charge in [-0.3, -0.25) is 9.59 Å². The Hall–Kier alpha value is -2.27. The van der Waals surface area contributed by atoms with Crippen LogP contribution in [0, 0.1) is 0 Å². The largest absolute Gasteiger partial charge is 0.326 e. The van der Waals surface area contributed by atoms with Crippen LogP contribution in [0.1, 0.15) is 12.5 Å². The third kappa shape index (κ3) is 3.31. The molecule has 2 aromatic carbocycles. The Kier molecular flexibility index (Phi) is 4.15. The highest BCUT2D eigenvalue weighted by Crippen LogP contribution is 2.36. The molecular weight excluding hydrogens is 296 g/mol. The molecule has 1 atom stereocenters. The number of anilines is 2. The monoisotopic (exact) mass is 312 g/mol. The summed E-state index contributed by atoms with van der Waals surface area (Å²) in [7, 11) is 0. The van der Waals surface area contributed by atoms with Gasteiger partial charge in [0.05, 0.1) is 17.4 Å². The van der Waals surface area contributed by atoms with Crippen molar-refractivity contribution >= 4 is 35.0 Å². The summed E-state index contributed by atoms with van der Waals surface area (Å²) in [5.41, 5.74) is 2.41. The van der Waals surface area contributed by atoms with Gasteiger partial charge >= 0.3 is 0 Å². The van der Waals surface area contributed by atoms with Gasteiger partial charge in [0.25, 0.3) is 0 Å². The highest BCUT2D eigenvalue weighted by atomic mass is 32.2. The molecule has 2 N–H and O–H groups in total. The molecule has 0 radical (unpaired) electrons. The number of amides is 2. The highest BCUT2D eigenvalue weighted by Gasteiger charge is 2.23. The summed E-state index contributed by atoms with van der Waals surface area (Å²) in [6, 6.07) is 15.2. The van der Waals surface area contributed by atoms with Crippen molar-refractivity contribution in [1.29, 1.82) is 0 Å². The number of fused-ring (bicyclic) bond motifs is 1. The molecule has 1 heterocycles. The summed E-state index contributed by atoms with van der Waals surface area (Å²) >= 11 is 1.53. The summed E-state index contributed by atoms with van der Waals surface area (Å²) in [5.74, 6) is -0.0837. The van der Waals surface area contributed by atoms with E-state index in [0.29, 0.717) is 12.1 Å². The van der Waals surface area contributed by atoms with Crippen molar-refractivity contribution in [2.45, 2.75) is 23.5 Å². The Labute approximate surface area is 133 Å². The Morgan fingerprint density at radius 2 is 2.00 bits per heavy atom. The summed E-state index contributed by atoms with van der Waals surface area (Å²) < 4.78 is 0. The first-order valence-electron chi connectivity index (χ1n) is 7.07. The summed E-state index contributed by atoms with van der Waals surface area (Å²) in [4.78, 5) is 24.8. The lowest BCUT2D eigenvalue weighted by molar-refractivity contribution is -0.116. The van der Waals surface area contributed by atoms with E-state index < -0.39 is 0 Å². The van der Waals surface area contributed by atoms with Gasteiger partial charge in [-0.1, -0.05) is 30.3 Å². The van der Waals surface area contributed by atoms with Crippen molar-refractivity contribution in [3.8, 4) is 0 Å². The first kappa shape index (κ1) is 14.7. The molecule has 3 rings (SSSR count). The van der Waals surface area contributed by atoms with Crippen LogP contribution in [0.5, 0.6) is 0 Å². The molecule has 2 aromatic rings. The van der Waals surface area contributed by atoms with Crippen molar-refractivity contribution in [3.05, 3.63) is 54.1 Å². The molecule has 0 aliphatic carbocycles. The van der Waals surface area contributed by atoms with E-state index in [1.165, 1.54) is 11.8 Å². The van der Waals surface area contributed by atoms with Crippen LogP contribution in [0.4, 0.5) is 11.4 Å². The SMILES string of the molecule is CC1Sc2ccc(NC(=O)Cc3ccccc3)cc2NC1=O. The van der Waals surface area contributed by atoms with Gasteiger partial charge in [-0.05, 0) is 30.7 Å². The molecule has 0 spiro atoms. The second-order valence-corrected chi connectivity index (χ2v) is 6.55. The van der Waals surface area contributed by atoms with E-state index in [2.05, 4.69) is 10.6 Å². The number of carbonyl (C=O) groups is 2. The minimum atomic E-state index is -0.0916. The van der Waals surface area contributed by atoms with Crippen LogP contribution in [0.15, 0.2) is 53.4 Å². The van der Waals surface area contributed by atoms with E-state index >= 15 is 0 Å². The van der Waals surface area contributed by atoms with E-state index in [4.69, 9.17) is 0 Å². The summed E-state index contributed by atoms with van der Waals surface area (Å²) in [6.07, 6.45) is 0.329. The normalized spacial score (nSPS) is 16.6. The van der Waals surface area contributed by atoms with Gasteiger partial charge in [0, 0.05) is 10.6 Å². The molecule has 0 fully saturated rings. The fourth-order valence-electron chi connectivity index (χ4n) is 2.27. The van der Waals surface area contributed by atoms with Gasteiger partial charge in [0.2, 0.25) is 11.8 Å². The molecule has 1 aliphatic heterocycles. The second kappa shape index (κ2) is 6.23. The van der Waals surface area contributed by atoms with Crippen LogP contribution in [-0.2, 0) is 16.0 Å². The smallest absolute Gasteiger partial charge is 0.237 e. The van der Waals surface area contributed by atoms with E-state index in [-0.39, 0.29) is 17.1 Å².